The van der Waals surface area contributed by atoms with Gasteiger partial charge in [0.05, 0.1) is 5.56 Å². The van der Waals surface area contributed by atoms with Crippen LogP contribution in [0.4, 0.5) is 13.2 Å². The number of nitrogens with one attached hydrogen (secondary N) is 1. The van der Waals surface area contributed by atoms with E-state index in [9.17, 15) is 18.0 Å². The van der Waals surface area contributed by atoms with E-state index in [2.05, 4.69) is 20.2 Å². The summed E-state index contributed by atoms with van der Waals surface area (Å²) in [5.74, 6) is -0.400. The minimum atomic E-state index is -4.36. The molecule has 1 saturated heterocycles. The molecule has 190 valence electrons. The fraction of sp³-hybridized carbons (Fsp3) is 0.346. The first-order chi connectivity index (χ1) is 17.2. The third kappa shape index (κ3) is 6.35. The number of hydrogen-bond donors (Lipinski definition) is 1. The van der Waals surface area contributed by atoms with Gasteiger partial charge in [0.2, 0.25) is 5.28 Å². The standard InChI is InChI=1S/C26H25Cl2F3N4O/c27-22-16-21(33-24(28)34-22)23(36)32-17-25(19-7-2-1-3-8-19)11-14-35(15-12-25)13-10-18-6-4-5-9-20(18)26(29,30)31/h1-9,16H,10-15,17H2,(H,32,36). The summed E-state index contributed by atoms with van der Waals surface area (Å²) in [5.41, 5.74) is 0.598. The molecule has 1 amide bonds. The number of piperidine rings is 1. The minimum Gasteiger partial charge on any atom is -0.350 e. The lowest BCUT2D eigenvalue weighted by atomic mass is 9.72. The molecule has 1 aliphatic rings. The predicted octanol–water partition coefficient (Wildman–Crippen LogP) is 5.81. The van der Waals surface area contributed by atoms with Crippen molar-refractivity contribution in [3.63, 3.8) is 0 Å². The van der Waals surface area contributed by atoms with E-state index in [1.165, 1.54) is 12.1 Å². The summed E-state index contributed by atoms with van der Waals surface area (Å²) in [5, 5.41) is 2.95. The van der Waals surface area contributed by atoms with Gasteiger partial charge in [0.15, 0.2) is 0 Å². The van der Waals surface area contributed by atoms with Gasteiger partial charge in [0.25, 0.3) is 5.91 Å². The summed E-state index contributed by atoms with van der Waals surface area (Å²) >= 11 is 11.7. The molecule has 36 heavy (non-hydrogen) atoms. The summed E-state index contributed by atoms with van der Waals surface area (Å²) in [7, 11) is 0. The fourth-order valence-corrected chi connectivity index (χ4v) is 5.11. The maximum atomic E-state index is 13.3. The van der Waals surface area contributed by atoms with E-state index in [1.807, 2.05) is 30.3 Å². The van der Waals surface area contributed by atoms with Crippen LogP contribution in [0, 0.1) is 0 Å². The lowest BCUT2D eigenvalue weighted by Gasteiger charge is -2.42. The smallest absolute Gasteiger partial charge is 0.350 e. The zero-order valence-corrected chi connectivity index (χ0v) is 20.9. The molecule has 0 radical (unpaired) electrons. The molecule has 10 heteroatoms. The molecule has 1 N–H and O–H groups in total. The number of carbonyl (C=O) groups excluding carboxylic acids is 1. The third-order valence-corrected chi connectivity index (χ3v) is 7.07. The van der Waals surface area contributed by atoms with Crippen LogP contribution in [0.5, 0.6) is 0 Å². The van der Waals surface area contributed by atoms with Crippen molar-refractivity contribution < 1.29 is 18.0 Å². The molecule has 0 saturated carbocycles. The molecule has 0 unspecified atom stereocenters. The largest absolute Gasteiger partial charge is 0.416 e. The quantitative estimate of drug-likeness (QED) is 0.306. The summed E-state index contributed by atoms with van der Waals surface area (Å²) in [4.78, 5) is 22.7. The highest BCUT2D eigenvalue weighted by molar-refractivity contribution is 6.32. The van der Waals surface area contributed by atoms with Crippen molar-refractivity contribution >= 4 is 29.1 Å². The third-order valence-electron chi connectivity index (χ3n) is 6.71. The normalized spacial score (nSPS) is 16.0. The highest BCUT2D eigenvalue weighted by atomic mass is 35.5. The van der Waals surface area contributed by atoms with Gasteiger partial charge in [-0.1, -0.05) is 60.1 Å². The first-order valence-electron chi connectivity index (χ1n) is 11.6. The number of nitrogens with zero attached hydrogens (tertiary/aromatic N) is 3. The first kappa shape index (κ1) is 26.4. The molecule has 1 aromatic heterocycles. The molecule has 2 heterocycles. The number of carbonyl (C=O) groups is 1. The zero-order valence-electron chi connectivity index (χ0n) is 19.4. The molecule has 0 aliphatic carbocycles. The van der Waals surface area contributed by atoms with E-state index in [1.54, 1.807) is 12.1 Å². The molecule has 0 atom stereocenters. The number of likely N-dealkylation sites (tertiary alicyclic amines) is 1. The second kappa shape index (κ2) is 11.2. The van der Waals surface area contributed by atoms with Crippen molar-refractivity contribution in [1.29, 1.82) is 0 Å². The summed E-state index contributed by atoms with van der Waals surface area (Å²) in [6.45, 7) is 2.30. The molecule has 0 bridgehead atoms. The van der Waals surface area contributed by atoms with Crippen molar-refractivity contribution in [2.24, 2.45) is 0 Å². The fourth-order valence-electron chi connectivity index (χ4n) is 4.70. The average molecular weight is 537 g/mol. The van der Waals surface area contributed by atoms with Crippen LogP contribution >= 0.6 is 23.2 Å². The Morgan fingerprint density at radius 2 is 1.67 bits per heavy atom. The SMILES string of the molecule is O=C(NCC1(c2ccccc2)CCN(CCc2ccccc2C(F)(F)F)CC1)c1cc(Cl)nc(Cl)n1. The maximum Gasteiger partial charge on any atom is 0.416 e. The molecule has 1 aliphatic heterocycles. The lowest BCUT2D eigenvalue weighted by Crippen LogP contribution is -2.49. The molecular weight excluding hydrogens is 512 g/mol. The lowest BCUT2D eigenvalue weighted by molar-refractivity contribution is -0.138. The van der Waals surface area contributed by atoms with E-state index in [-0.39, 0.29) is 21.5 Å². The van der Waals surface area contributed by atoms with Crippen molar-refractivity contribution in [1.82, 2.24) is 20.2 Å². The Bertz CT molecular complexity index is 1180. The molecule has 3 aromatic rings. The Labute approximate surface area is 217 Å². The van der Waals surface area contributed by atoms with Crippen LogP contribution in [-0.4, -0.2) is 47.0 Å². The van der Waals surface area contributed by atoms with Crippen molar-refractivity contribution in [2.75, 3.05) is 26.2 Å². The number of amides is 1. The van der Waals surface area contributed by atoms with Gasteiger partial charge in [-0.2, -0.15) is 13.2 Å². The molecule has 2 aromatic carbocycles. The second-order valence-corrected chi connectivity index (χ2v) is 9.65. The number of alkyl halides is 3. The van der Waals surface area contributed by atoms with Crippen molar-refractivity contribution in [3.8, 4) is 0 Å². The van der Waals surface area contributed by atoms with Crippen LogP contribution in [-0.2, 0) is 18.0 Å². The Balaban J connectivity index is 1.43. The van der Waals surface area contributed by atoms with E-state index in [0.29, 0.717) is 38.2 Å². The van der Waals surface area contributed by atoms with Crippen molar-refractivity contribution in [3.05, 3.63) is 93.5 Å². The van der Waals surface area contributed by atoms with Gasteiger partial charge in [0, 0.05) is 24.6 Å². The van der Waals surface area contributed by atoms with E-state index < -0.39 is 17.6 Å². The number of rotatable bonds is 7. The predicted molar refractivity (Wildman–Crippen MR) is 133 cm³/mol. The Hall–Kier alpha value is -2.68. The van der Waals surface area contributed by atoms with E-state index >= 15 is 0 Å². The van der Waals surface area contributed by atoms with Gasteiger partial charge in [-0.05, 0) is 61.1 Å². The Morgan fingerprint density at radius 1 is 1.00 bits per heavy atom. The van der Waals surface area contributed by atoms with E-state index in [0.717, 1.165) is 24.5 Å². The summed E-state index contributed by atoms with van der Waals surface area (Å²) in [6, 6.07) is 17.0. The highest BCUT2D eigenvalue weighted by Crippen LogP contribution is 2.36. The molecule has 1 fully saturated rings. The monoisotopic (exact) mass is 536 g/mol. The van der Waals surface area contributed by atoms with Gasteiger partial charge in [-0.3, -0.25) is 4.79 Å². The van der Waals surface area contributed by atoms with Crippen LogP contribution in [0.2, 0.25) is 10.4 Å². The van der Waals surface area contributed by atoms with Gasteiger partial charge in [-0.25, -0.2) is 9.97 Å². The van der Waals surface area contributed by atoms with Gasteiger partial charge in [0.1, 0.15) is 10.8 Å². The number of halogens is 5. The summed E-state index contributed by atoms with van der Waals surface area (Å²) in [6.07, 6.45) is -2.57. The average Bonchev–Trinajstić information content (AvgIpc) is 2.86. The van der Waals surface area contributed by atoms with Crippen molar-refractivity contribution in [2.45, 2.75) is 30.9 Å². The number of benzene rings is 2. The molecule has 4 rings (SSSR count). The van der Waals surface area contributed by atoms with Crippen LogP contribution < -0.4 is 5.32 Å². The highest BCUT2D eigenvalue weighted by Gasteiger charge is 2.37. The minimum absolute atomic E-state index is 0.0818. The Morgan fingerprint density at radius 3 is 2.33 bits per heavy atom. The van der Waals surface area contributed by atoms with Gasteiger partial charge in [-0.15, -0.1) is 0 Å². The Kier molecular flexibility index (Phi) is 8.17. The van der Waals surface area contributed by atoms with Crippen LogP contribution in [0.1, 0.15) is 40.0 Å². The van der Waals surface area contributed by atoms with Crippen LogP contribution in [0.15, 0.2) is 60.7 Å². The first-order valence-corrected chi connectivity index (χ1v) is 12.3. The maximum absolute atomic E-state index is 13.3. The van der Waals surface area contributed by atoms with E-state index in [4.69, 9.17) is 23.2 Å². The van der Waals surface area contributed by atoms with Crippen LogP contribution in [0.25, 0.3) is 0 Å². The molecule has 0 spiro atoms. The number of aromatic nitrogens is 2. The van der Waals surface area contributed by atoms with Crippen LogP contribution in [0.3, 0.4) is 0 Å². The van der Waals surface area contributed by atoms with Gasteiger partial charge >= 0.3 is 6.18 Å². The summed E-state index contributed by atoms with van der Waals surface area (Å²) < 4.78 is 40.0. The second-order valence-electron chi connectivity index (χ2n) is 8.92. The molecule has 5 nitrogen and oxygen atoms in total. The topological polar surface area (TPSA) is 58.1 Å². The number of hydrogen-bond acceptors (Lipinski definition) is 4. The molecular formula is C26H25Cl2F3N4O. The van der Waals surface area contributed by atoms with Gasteiger partial charge < -0.3 is 10.2 Å². The zero-order chi connectivity index (χ0) is 25.8.